The van der Waals surface area contributed by atoms with Gasteiger partial charge in [0.15, 0.2) is 11.6 Å². The summed E-state index contributed by atoms with van der Waals surface area (Å²) in [5, 5.41) is 9.95. The molecule has 4 heteroatoms. The minimum absolute atomic E-state index is 0.121. The van der Waals surface area contributed by atoms with Gasteiger partial charge in [-0.15, -0.1) is 0 Å². The summed E-state index contributed by atoms with van der Waals surface area (Å²) in [5.74, 6) is -3.54. The van der Waals surface area contributed by atoms with Crippen molar-refractivity contribution in [3.8, 4) is 0 Å². The molecule has 68 valence electrons. The lowest BCUT2D eigenvalue weighted by molar-refractivity contribution is -0.297. The molecule has 1 rings (SSSR count). The second-order valence-electron chi connectivity index (χ2n) is 2.30. The fraction of sp³-hybridized carbons (Fsp3) is 0. The maximum atomic E-state index is 12.8. The highest BCUT2D eigenvalue weighted by Crippen LogP contribution is 2.12. The molecular weight excluding hydrogens is 178 g/mol. The van der Waals surface area contributed by atoms with E-state index in [4.69, 9.17) is 0 Å². The van der Waals surface area contributed by atoms with Crippen molar-refractivity contribution in [2.45, 2.75) is 0 Å². The van der Waals surface area contributed by atoms with Gasteiger partial charge in [0.05, 0.1) is 5.97 Å². The maximum Gasteiger partial charge on any atom is 0.166 e. The summed E-state index contributed by atoms with van der Waals surface area (Å²) in [6, 6.07) is 3.50. The van der Waals surface area contributed by atoms with E-state index in [9.17, 15) is 18.7 Å². The lowest BCUT2D eigenvalue weighted by Gasteiger charge is -1.97. The van der Waals surface area contributed by atoms with Crippen LogP contribution in [0.5, 0.6) is 0 Å². The summed E-state index contributed by atoms with van der Waals surface area (Å²) in [5.41, 5.74) is -0.121. The van der Waals surface area contributed by atoms with Crippen LogP contribution in [-0.4, -0.2) is 5.97 Å². The molecule has 1 aromatic carbocycles. The molecule has 0 saturated heterocycles. The number of carbonyl (C=O) groups excluding carboxylic acids is 1. The van der Waals surface area contributed by atoms with E-state index in [0.29, 0.717) is 6.08 Å². The molecule has 0 aliphatic carbocycles. The second-order valence-corrected chi connectivity index (χ2v) is 2.30. The molecule has 0 N–H and O–H groups in total. The van der Waals surface area contributed by atoms with Gasteiger partial charge in [0, 0.05) is 5.56 Å². The van der Waals surface area contributed by atoms with E-state index in [0.717, 1.165) is 12.1 Å². The number of hydrogen-bond donors (Lipinski definition) is 0. The van der Waals surface area contributed by atoms with Gasteiger partial charge in [-0.25, -0.2) is 8.78 Å². The SMILES string of the molecule is O=C([O-])/C=C/c1cccc(F)c1F. The maximum absolute atomic E-state index is 12.8. The minimum Gasteiger partial charge on any atom is -0.545 e. The molecule has 0 spiro atoms. The smallest absolute Gasteiger partial charge is 0.166 e. The summed E-state index contributed by atoms with van der Waals surface area (Å²) in [7, 11) is 0. The lowest BCUT2D eigenvalue weighted by Crippen LogP contribution is -2.18. The molecule has 0 unspecified atom stereocenters. The van der Waals surface area contributed by atoms with E-state index >= 15 is 0 Å². The van der Waals surface area contributed by atoms with Gasteiger partial charge < -0.3 is 9.90 Å². The van der Waals surface area contributed by atoms with Gasteiger partial charge in [-0.2, -0.15) is 0 Å². The van der Waals surface area contributed by atoms with Crippen LogP contribution in [0.25, 0.3) is 6.08 Å². The van der Waals surface area contributed by atoms with Crippen LogP contribution in [0.4, 0.5) is 8.78 Å². The summed E-state index contributed by atoms with van der Waals surface area (Å²) in [6.07, 6.45) is 1.57. The van der Waals surface area contributed by atoms with Crippen molar-refractivity contribution in [1.82, 2.24) is 0 Å². The minimum atomic E-state index is -1.45. The van der Waals surface area contributed by atoms with Crippen molar-refractivity contribution >= 4 is 12.0 Å². The van der Waals surface area contributed by atoms with Crippen LogP contribution >= 0.6 is 0 Å². The number of carbonyl (C=O) groups is 1. The van der Waals surface area contributed by atoms with Gasteiger partial charge >= 0.3 is 0 Å². The number of rotatable bonds is 2. The average Bonchev–Trinajstić information content (AvgIpc) is 2.07. The molecule has 0 aliphatic rings. The largest absolute Gasteiger partial charge is 0.545 e. The van der Waals surface area contributed by atoms with Gasteiger partial charge in [-0.3, -0.25) is 0 Å². The van der Waals surface area contributed by atoms with Crippen LogP contribution in [0.1, 0.15) is 5.56 Å². The third-order valence-corrected chi connectivity index (χ3v) is 1.38. The first-order chi connectivity index (χ1) is 6.11. The van der Waals surface area contributed by atoms with Gasteiger partial charge in [-0.1, -0.05) is 18.2 Å². The van der Waals surface area contributed by atoms with Crippen LogP contribution in [0, 0.1) is 11.6 Å². The summed E-state index contributed by atoms with van der Waals surface area (Å²) in [6.45, 7) is 0. The predicted octanol–water partition coefficient (Wildman–Crippen LogP) is 0.728. The summed E-state index contributed by atoms with van der Waals surface area (Å²) in [4.78, 5) is 9.95. The number of aliphatic carboxylic acids is 1. The Morgan fingerprint density at radius 3 is 2.69 bits per heavy atom. The number of carboxylic acid groups (broad SMARTS) is 1. The van der Waals surface area contributed by atoms with E-state index in [2.05, 4.69) is 0 Å². The molecule has 0 amide bonds. The summed E-state index contributed by atoms with van der Waals surface area (Å²) >= 11 is 0. The van der Waals surface area contributed by atoms with E-state index in [1.54, 1.807) is 0 Å². The average molecular weight is 183 g/mol. The van der Waals surface area contributed by atoms with Crippen LogP contribution in [0.15, 0.2) is 24.3 Å². The first-order valence-electron chi connectivity index (χ1n) is 3.44. The first-order valence-corrected chi connectivity index (χ1v) is 3.44. The van der Waals surface area contributed by atoms with Crippen molar-refractivity contribution in [3.05, 3.63) is 41.5 Å². The summed E-state index contributed by atoms with van der Waals surface area (Å²) < 4.78 is 25.3. The zero-order valence-corrected chi connectivity index (χ0v) is 6.46. The zero-order chi connectivity index (χ0) is 9.84. The highest BCUT2D eigenvalue weighted by atomic mass is 19.2. The third-order valence-electron chi connectivity index (χ3n) is 1.38. The highest BCUT2D eigenvalue weighted by Gasteiger charge is 2.03. The van der Waals surface area contributed by atoms with Crippen LogP contribution in [0.3, 0.4) is 0 Å². The zero-order valence-electron chi connectivity index (χ0n) is 6.46. The molecule has 0 heterocycles. The fourth-order valence-electron chi connectivity index (χ4n) is 0.807. The molecule has 0 bridgehead atoms. The normalized spacial score (nSPS) is 10.6. The molecular formula is C9H5F2O2-. The van der Waals surface area contributed by atoms with Crippen LogP contribution in [-0.2, 0) is 4.79 Å². The molecule has 0 fully saturated rings. The van der Waals surface area contributed by atoms with Crippen molar-refractivity contribution in [2.24, 2.45) is 0 Å². The predicted molar refractivity (Wildman–Crippen MR) is 40.4 cm³/mol. The quantitative estimate of drug-likeness (QED) is 0.634. The number of hydrogen-bond acceptors (Lipinski definition) is 2. The van der Waals surface area contributed by atoms with Crippen LogP contribution < -0.4 is 5.11 Å². The Morgan fingerprint density at radius 1 is 1.38 bits per heavy atom. The Hall–Kier alpha value is -1.71. The van der Waals surface area contributed by atoms with E-state index in [1.807, 2.05) is 0 Å². The second kappa shape index (κ2) is 3.80. The Bertz CT molecular complexity index is 359. The van der Waals surface area contributed by atoms with E-state index < -0.39 is 17.6 Å². The molecule has 0 radical (unpaired) electrons. The van der Waals surface area contributed by atoms with Crippen molar-refractivity contribution in [1.29, 1.82) is 0 Å². The highest BCUT2D eigenvalue weighted by molar-refractivity contribution is 5.83. The fourth-order valence-corrected chi connectivity index (χ4v) is 0.807. The van der Waals surface area contributed by atoms with Crippen molar-refractivity contribution < 1.29 is 18.7 Å². The molecule has 0 aromatic heterocycles. The van der Waals surface area contributed by atoms with E-state index in [1.165, 1.54) is 12.1 Å². The van der Waals surface area contributed by atoms with Crippen LogP contribution in [0.2, 0.25) is 0 Å². The Morgan fingerprint density at radius 2 is 2.08 bits per heavy atom. The molecule has 0 saturated carbocycles. The number of carboxylic acids is 1. The molecule has 0 atom stereocenters. The first kappa shape index (κ1) is 9.38. The van der Waals surface area contributed by atoms with E-state index in [-0.39, 0.29) is 5.56 Å². The molecule has 2 nitrogen and oxygen atoms in total. The Balaban J connectivity index is 3.02. The number of benzene rings is 1. The number of halogens is 2. The van der Waals surface area contributed by atoms with Gasteiger partial charge in [0.25, 0.3) is 0 Å². The Kier molecular flexibility index (Phi) is 2.74. The van der Waals surface area contributed by atoms with Crippen molar-refractivity contribution in [3.63, 3.8) is 0 Å². The topological polar surface area (TPSA) is 40.1 Å². The lowest BCUT2D eigenvalue weighted by atomic mass is 10.2. The molecule has 0 aliphatic heterocycles. The standard InChI is InChI=1S/C9H6F2O2/c10-7-3-1-2-6(9(7)11)4-5-8(12)13/h1-5H,(H,12,13)/p-1/b5-4+. The molecule has 1 aromatic rings. The Labute approximate surface area is 73.1 Å². The third kappa shape index (κ3) is 2.37. The van der Waals surface area contributed by atoms with Gasteiger partial charge in [0.1, 0.15) is 0 Å². The van der Waals surface area contributed by atoms with Crippen molar-refractivity contribution in [2.75, 3.05) is 0 Å². The monoisotopic (exact) mass is 183 g/mol. The molecule has 13 heavy (non-hydrogen) atoms. The van der Waals surface area contributed by atoms with Gasteiger partial charge in [-0.05, 0) is 12.1 Å². The van der Waals surface area contributed by atoms with Gasteiger partial charge in [0.2, 0.25) is 0 Å².